The fraction of sp³-hybridized carbons (Fsp3) is 1.00. The topological polar surface area (TPSA) is 30.5 Å². The molecule has 0 bridgehead atoms. The Morgan fingerprint density at radius 1 is 0.917 bits per heavy atom. The predicted octanol–water partition coefficient (Wildman–Crippen LogP) is -0.186. The van der Waals surface area contributed by atoms with Crippen LogP contribution in [0.15, 0.2) is 0 Å². The van der Waals surface area contributed by atoms with Gasteiger partial charge in [0.2, 0.25) is 0 Å². The summed E-state index contributed by atoms with van der Waals surface area (Å²) in [5, 5.41) is 11.4. The van der Waals surface area contributed by atoms with Crippen molar-refractivity contribution in [3.05, 3.63) is 0 Å². The van der Waals surface area contributed by atoms with Crippen molar-refractivity contribution in [2.45, 2.75) is 0 Å². The van der Waals surface area contributed by atoms with Gasteiger partial charge in [-0.1, -0.05) is 0 Å². The Balaban J connectivity index is 1.60. The van der Waals surface area contributed by atoms with Crippen molar-refractivity contribution < 1.29 is 0 Å². The first-order valence-electron chi connectivity index (χ1n) is 4.42. The van der Waals surface area contributed by atoms with Gasteiger partial charge in [-0.2, -0.15) is 0 Å². The third-order valence-electron chi connectivity index (χ3n) is 2.13. The van der Waals surface area contributed by atoms with E-state index in [2.05, 4.69) is 20.4 Å². The summed E-state index contributed by atoms with van der Waals surface area (Å²) in [7, 11) is 1.90. The monoisotopic (exact) mass is 206 g/mol. The number of hydrogen-bond acceptors (Lipinski definition) is 4. The van der Waals surface area contributed by atoms with Gasteiger partial charge >= 0.3 is 0 Å². The van der Waals surface area contributed by atoms with Crippen LogP contribution in [0.2, 0.25) is 0 Å². The average molecular weight is 206 g/mol. The highest BCUT2D eigenvalue weighted by Gasteiger charge is 2.14. The zero-order chi connectivity index (χ0) is 8.23. The van der Waals surface area contributed by atoms with Gasteiger partial charge in [0.1, 0.15) is 0 Å². The molecule has 2 fully saturated rings. The van der Waals surface area contributed by atoms with Gasteiger partial charge in [-0.3, -0.25) is 0 Å². The summed E-state index contributed by atoms with van der Waals surface area (Å²) in [4.78, 5) is 0. The first-order chi connectivity index (χ1) is 5.95. The molecule has 6 heteroatoms. The summed E-state index contributed by atoms with van der Waals surface area (Å²) in [6, 6.07) is 0. The third-order valence-corrected chi connectivity index (χ3v) is 4.02. The molecule has 2 aliphatic heterocycles. The van der Waals surface area contributed by atoms with E-state index in [0.29, 0.717) is 0 Å². The van der Waals surface area contributed by atoms with Gasteiger partial charge in [-0.05, 0) is 29.8 Å². The van der Waals surface area contributed by atoms with Crippen LogP contribution in [0.25, 0.3) is 0 Å². The third kappa shape index (κ3) is 2.59. The second kappa shape index (κ2) is 4.80. The summed E-state index contributed by atoms with van der Waals surface area (Å²) in [6.45, 7) is 4.78. The molecule has 70 valence electrons. The predicted molar refractivity (Wildman–Crippen MR) is 55.8 cm³/mol. The molecule has 12 heavy (non-hydrogen) atoms. The summed E-state index contributed by atoms with van der Waals surface area (Å²) in [6.07, 6.45) is 2.66. The van der Waals surface area contributed by atoms with Gasteiger partial charge in [0.15, 0.2) is 0 Å². The molecule has 2 saturated heterocycles. The number of nitrogens with one attached hydrogen (secondary N) is 2. The number of rotatable bonds is 3. The van der Waals surface area contributed by atoms with Crippen LogP contribution in [0, 0.1) is 0 Å². The van der Waals surface area contributed by atoms with Gasteiger partial charge in [0.25, 0.3) is 0 Å². The van der Waals surface area contributed by atoms with E-state index in [1.807, 2.05) is 0 Å². The summed E-state index contributed by atoms with van der Waals surface area (Å²) in [5.41, 5.74) is 0. The van der Waals surface area contributed by atoms with E-state index < -0.39 is 0 Å². The fourth-order valence-electron chi connectivity index (χ4n) is 1.41. The molecule has 0 aromatic carbocycles. The number of nitrogens with zero attached hydrogens (tertiary/aromatic N) is 2. The van der Waals surface area contributed by atoms with E-state index in [4.69, 9.17) is 0 Å². The second-order valence-corrected chi connectivity index (χ2v) is 5.21. The van der Waals surface area contributed by atoms with Gasteiger partial charge < -0.3 is 0 Å². The van der Waals surface area contributed by atoms with Gasteiger partial charge in [0.05, 0.1) is 0 Å². The molecule has 0 amide bonds. The van der Waals surface area contributed by atoms with E-state index in [9.17, 15) is 0 Å². The highest BCUT2D eigenvalue weighted by Crippen LogP contribution is 2.14. The Kier molecular flexibility index (Phi) is 3.71. The number of hydrogen-bond donors (Lipinski definition) is 2. The minimum absolute atomic E-state index is 0.948. The van der Waals surface area contributed by atoms with Crippen LogP contribution in [-0.2, 0) is 0 Å². The fourth-order valence-corrected chi connectivity index (χ4v) is 3.29. The molecule has 0 aromatic heterocycles. The highest BCUT2D eigenvalue weighted by atomic mass is 31.1. The molecule has 0 saturated carbocycles. The van der Waals surface area contributed by atoms with Crippen LogP contribution < -0.4 is 10.4 Å². The summed E-state index contributed by atoms with van der Waals surface area (Å²) >= 11 is 0. The zero-order valence-electron chi connectivity index (χ0n) is 7.14. The van der Waals surface area contributed by atoms with Crippen LogP contribution in [-0.4, -0.2) is 48.5 Å². The van der Waals surface area contributed by atoms with Crippen molar-refractivity contribution in [2.24, 2.45) is 0 Å². The zero-order valence-corrected chi connectivity index (χ0v) is 9.14. The Morgan fingerprint density at radius 3 is 1.75 bits per heavy atom. The molecule has 0 radical (unpaired) electrons. The standard InChI is InChI=1S/C6H16N4P2/c1(9-3-5-11-7-9)2-10-4-6-12-8-10/h7-8,11-12H,1-6H2. The van der Waals surface area contributed by atoms with Gasteiger partial charge in [-0.25, -0.2) is 20.4 Å². The highest BCUT2D eigenvalue weighted by molar-refractivity contribution is 7.36. The van der Waals surface area contributed by atoms with Gasteiger partial charge in [0, 0.05) is 26.2 Å². The van der Waals surface area contributed by atoms with Crippen molar-refractivity contribution in [1.29, 1.82) is 0 Å². The van der Waals surface area contributed by atoms with Crippen LogP contribution in [0.5, 0.6) is 0 Å². The lowest BCUT2D eigenvalue weighted by Gasteiger charge is -2.19. The smallest absolute Gasteiger partial charge is 0.0276 e. The van der Waals surface area contributed by atoms with Crippen molar-refractivity contribution >= 4 is 17.5 Å². The molecule has 0 spiro atoms. The molecule has 2 unspecified atom stereocenters. The maximum absolute atomic E-state index is 3.39. The molecule has 4 nitrogen and oxygen atoms in total. The van der Waals surface area contributed by atoms with Crippen LogP contribution in [0.1, 0.15) is 0 Å². The Bertz CT molecular complexity index is 118. The lowest BCUT2D eigenvalue weighted by Crippen LogP contribution is -2.39. The van der Waals surface area contributed by atoms with E-state index in [0.717, 1.165) is 30.6 Å². The van der Waals surface area contributed by atoms with Gasteiger partial charge in [-0.15, -0.1) is 0 Å². The molecular weight excluding hydrogens is 190 g/mol. The van der Waals surface area contributed by atoms with E-state index in [1.54, 1.807) is 0 Å². The van der Waals surface area contributed by atoms with Crippen LogP contribution in [0.4, 0.5) is 0 Å². The summed E-state index contributed by atoms with van der Waals surface area (Å²) < 4.78 is 0. The molecule has 0 aliphatic carbocycles. The molecule has 2 rings (SSSR count). The quantitative estimate of drug-likeness (QED) is 0.627. The van der Waals surface area contributed by atoms with Crippen molar-refractivity contribution in [1.82, 2.24) is 20.4 Å². The molecule has 2 heterocycles. The Labute approximate surface area is 77.1 Å². The van der Waals surface area contributed by atoms with Crippen molar-refractivity contribution in [3.8, 4) is 0 Å². The average Bonchev–Trinajstić information content (AvgIpc) is 2.74. The van der Waals surface area contributed by atoms with Crippen molar-refractivity contribution in [3.63, 3.8) is 0 Å². The lowest BCUT2D eigenvalue weighted by atomic mass is 10.5. The number of hydrazine groups is 2. The molecule has 2 N–H and O–H groups in total. The first kappa shape index (κ1) is 9.26. The maximum Gasteiger partial charge on any atom is 0.0276 e. The minimum atomic E-state index is 0.948. The Morgan fingerprint density at radius 2 is 1.42 bits per heavy atom. The van der Waals surface area contributed by atoms with Crippen LogP contribution >= 0.6 is 17.5 Å². The van der Waals surface area contributed by atoms with E-state index in [1.165, 1.54) is 25.4 Å². The van der Waals surface area contributed by atoms with E-state index >= 15 is 0 Å². The SMILES string of the molecule is C1CN(CCN2CCPN2)NP1. The molecule has 0 aromatic rings. The first-order valence-corrected chi connectivity index (χ1v) is 6.83. The second-order valence-electron chi connectivity index (χ2n) is 3.05. The summed E-state index contributed by atoms with van der Waals surface area (Å²) in [5.74, 6) is 0. The van der Waals surface area contributed by atoms with Crippen LogP contribution in [0.3, 0.4) is 0 Å². The molecular formula is C6H16N4P2. The van der Waals surface area contributed by atoms with E-state index in [-0.39, 0.29) is 0 Å². The minimum Gasteiger partial charge on any atom is -0.239 e. The molecule has 2 aliphatic rings. The largest absolute Gasteiger partial charge is 0.239 e. The normalized spacial score (nSPS) is 31.0. The Hall–Kier alpha value is 0.700. The van der Waals surface area contributed by atoms with Crippen molar-refractivity contribution in [2.75, 3.05) is 38.5 Å². The molecule has 2 atom stereocenters. The lowest BCUT2D eigenvalue weighted by molar-refractivity contribution is 0.205. The maximum atomic E-state index is 3.39.